The van der Waals surface area contributed by atoms with Gasteiger partial charge in [-0.1, -0.05) is 48.0 Å². The topological polar surface area (TPSA) is 38.8 Å². The van der Waals surface area contributed by atoms with Gasteiger partial charge in [0.05, 0.1) is 0 Å². The molecule has 2 aromatic carbocycles. The van der Waals surface area contributed by atoms with Crippen LogP contribution in [0.3, 0.4) is 0 Å². The zero-order valence-electron chi connectivity index (χ0n) is 9.95. The van der Waals surface area contributed by atoms with Crippen LogP contribution in [0.4, 0.5) is 0 Å². The molecule has 19 heavy (non-hydrogen) atoms. The van der Waals surface area contributed by atoms with Crippen molar-refractivity contribution in [1.82, 2.24) is 0 Å². The number of carbonyl (C=O) groups excluding carboxylic acids is 1. The molecule has 96 valence electrons. The summed E-state index contributed by atoms with van der Waals surface area (Å²) in [5.41, 5.74) is 0.819. The Kier molecular flexibility index (Phi) is 3.23. The fourth-order valence-corrected chi connectivity index (χ4v) is 2.14. The second-order valence-electron chi connectivity index (χ2n) is 4.23. The molecule has 1 heterocycles. The number of para-hydroxylation sites is 1. The quantitative estimate of drug-likeness (QED) is 0.489. The smallest absolute Gasteiger partial charge is 0.343 e. The van der Waals surface area contributed by atoms with E-state index in [1.165, 1.54) is 0 Å². The van der Waals surface area contributed by atoms with Gasteiger partial charge in [0.25, 0.3) is 0 Å². The molecule has 2 unspecified atom stereocenters. The van der Waals surface area contributed by atoms with Crippen LogP contribution in [0.25, 0.3) is 0 Å². The maximum atomic E-state index is 11.9. The predicted molar refractivity (Wildman–Crippen MR) is 71.1 cm³/mol. The van der Waals surface area contributed by atoms with E-state index in [9.17, 15) is 4.79 Å². The molecule has 2 aromatic rings. The lowest BCUT2D eigenvalue weighted by atomic mass is 10.1. The molecule has 0 radical (unpaired) electrons. The van der Waals surface area contributed by atoms with Crippen LogP contribution in [0.15, 0.2) is 54.6 Å². The van der Waals surface area contributed by atoms with Crippen molar-refractivity contribution in [3.8, 4) is 5.75 Å². The summed E-state index contributed by atoms with van der Waals surface area (Å²) in [7, 11) is 0. The van der Waals surface area contributed by atoms with Gasteiger partial charge >= 0.3 is 5.97 Å². The fourth-order valence-electron chi connectivity index (χ4n) is 1.90. The highest BCUT2D eigenvalue weighted by Gasteiger charge is 2.48. The molecule has 3 nitrogen and oxygen atoms in total. The molecule has 3 rings (SSSR count). The van der Waals surface area contributed by atoms with E-state index in [4.69, 9.17) is 21.1 Å². The van der Waals surface area contributed by atoms with E-state index in [-0.39, 0.29) is 6.10 Å². The molecule has 0 saturated carbocycles. The molecule has 1 aliphatic heterocycles. The van der Waals surface area contributed by atoms with Crippen molar-refractivity contribution < 1.29 is 14.3 Å². The van der Waals surface area contributed by atoms with Crippen LogP contribution in [0.2, 0.25) is 5.02 Å². The number of esters is 1. The lowest BCUT2D eigenvalue weighted by Gasteiger charge is -2.02. The van der Waals surface area contributed by atoms with E-state index in [1.54, 1.807) is 18.2 Å². The number of rotatable bonds is 3. The molecule has 0 bridgehead atoms. The minimum absolute atomic E-state index is 0.301. The third-order valence-corrected chi connectivity index (χ3v) is 3.24. The summed E-state index contributed by atoms with van der Waals surface area (Å²) in [4.78, 5) is 11.9. The van der Waals surface area contributed by atoms with Gasteiger partial charge in [0, 0.05) is 10.6 Å². The van der Waals surface area contributed by atoms with Crippen molar-refractivity contribution in [1.29, 1.82) is 0 Å². The highest BCUT2D eigenvalue weighted by Crippen LogP contribution is 2.42. The molecular weight excluding hydrogens is 264 g/mol. The van der Waals surface area contributed by atoms with Crippen molar-refractivity contribution >= 4 is 17.6 Å². The molecule has 0 aromatic heterocycles. The number of carbonyl (C=O) groups is 1. The Morgan fingerprint density at radius 3 is 2.47 bits per heavy atom. The van der Waals surface area contributed by atoms with E-state index >= 15 is 0 Å². The summed E-state index contributed by atoms with van der Waals surface area (Å²) in [6.45, 7) is 0. The van der Waals surface area contributed by atoms with Crippen molar-refractivity contribution in [3.05, 3.63) is 65.2 Å². The van der Waals surface area contributed by atoms with Crippen molar-refractivity contribution in [2.24, 2.45) is 0 Å². The third kappa shape index (κ3) is 2.62. The maximum Gasteiger partial charge on any atom is 0.343 e. The van der Waals surface area contributed by atoms with Gasteiger partial charge < -0.3 is 9.47 Å². The minimum atomic E-state index is -0.569. The first kappa shape index (κ1) is 12.2. The number of benzene rings is 2. The summed E-state index contributed by atoms with van der Waals surface area (Å²) in [5, 5.41) is 0.600. The molecular formula is C15H11ClO3. The van der Waals surface area contributed by atoms with Crippen LogP contribution in [-0.4, -0.2) is 12.1 Å². The number of hydrogen-bond donors (Lipinski definition) is 0. The summed E-state index contributed by atoms with van der Waals surface area (Å²) in [5.74, 6) is 0.122. The molecule has 0 N–H and O–H groups in total. The average Bonchev–Trinajstić information content (AvgIpc) is 3.21. The zero-order chi connectivity index (χ0) is 13.2. The molecule has 1 fully saturated rings. The fraction of sp³-hybridized carbons (Fsp3) is 0.133. The molecule has 4 heteroatoms. The maximum absolute atomic E-state index is 11.9. The van der Waals surface area contributed by atoms with Gasteiger partial charge in [-0.25, -0.2) is 4.79 Å². The van der Waals surface area contributed by atoms with Gasteiger partial charge in [-0.05, 0) is 18.2 Å². The lowest BCUT2D eigenvalue weighted by Crippen LogP contribution is -2.15. The minimum Gasteiger partial charge on any atom is -0.425 e. The SMILES string of the molecule is O=C(Oc1ccccc1)C1OC1c1ccccc1Cl. The molecule has 1 aliphatic rings. The number of halogens is 1. The number of epoxide rings is 1. The Morgan fingerprint density at radius 1 is 1.05 bits per heavy atom. The van der Waals surface area contributed by atoms with Gasteiger partial charge in [0.15, 0.2) is 6.10 Å². The van der Waals surface area contributed by atoms with E-state index in [0.29, 0.717) is 10.8 Å². The Hall–Kier alpha value is -1.84. The van der Waals surface area contributed by atoms with Crippen LogP contribution in [0.5, 0.6) is 5.75 Å². The highest BCUT2D eigenvalue weighted by atomic mass is 35.5. The van der Waals surface area contributed by atoms with Crippen LogP contribution < -0.4 is 4.74 Å². The van der Waals surface area contributed by atoms with E-state index in [2.05, 4.69) is 0 Å². The molecule has 0 aliphatic carbocycles. The molecule has 0 spiro atoms. The Morgan fingerprint density at radius 2 is 1.74 bits per heavy atom. The molecule has 2 atom stereocenters. The van der Waals surface area contributed by atoms with E-state index in [0.717, 1.165) is 5.56 Å². The normalized spacial score (nSPS) is 20.9. The van der Waals surface area contributed by atoms with Crippen LogP contribution >= 0.6 is 11.6 Å². The van der Waals surface area contributed by atoms with E-state index < -0.39 is 12.1 Å². The monoisotopic (exact) mass is 274 g/mol. The van der Waals surface area contributed by atoms with Gasteiger partial charge in [-0.2, -0.15) is 0 Å². The average molecular weight is 275 g/mol. The second-order valence-corrected chi connectivity index (χ2v) is 4.64. The first-order chi connectivity index (χ1) is 9.25. The summed E-state index contributed by atoms with van der Waals surface area (Å²) >= 11 is 6.06. The largest absolute Gasteiger partial charge is 0.425 e. The number of ether oxygens (including phenoxy) is 2. The first-order valence-corrected chi connectivity index (χ1v) is 6.30. The highest BCUT2D eigenvalue weighted by molar-refractivity contribution is 6.31. The van der Waals surface area contributed by atoms with Gasteiger partial charge in [0.2, 0.25) is 0 Å². The molecule has 0 amide bonds. The van der Waals surface area contributed by atoms with Gasteiger partial charge in [0.1, 0.15) is 11.9 Å². The van der Waals surface area contributed by atoms with Gasteiger partial charge in [-0.15, -0.1) is 0 Å². The summed E-state index contributed by atoms with van der Waals surface area (Å²) in [6.07, 6.45) is -0.870. The lowest BCUT2D eigenvalue weighted by molar-refractivity contribution is -0.135. The summed E-state index contributed by atoms with van der Waals surface area (Å²) < 4.78 is 10.6. The predicted octanol–water partition coefficient (Wildman–Crippen LogP) is 3.39. The Bertz CT molecular complexity index is 597. The Balaban J connectivity index is 1.67. The van der Waals surface area contributed by atoms with Crippen LogP contribution in [0, 0.1) is 0 Å². The Labute approximate surface area is 115 Å². The number of hydrogen-bond acceptors (Lipinski definition) is 3. The van der Waals surface area contributed by atoms with Crippen molar-refractivity contribution in [2.45, 2.75) is 12.2 Å². The van der Waals surface area contributed by atoms with Gasteiger partial charge in [-0.3, -0.25) is 0 Å². The standard InChI is InChI=1S/C15H11ClO3/c16-12-9-5-4-8-11(12)13-14(19-13)15(17)18-10-6-2-1-3-7-10/h1-9,13-14H. The van der Waals surface area contributed by atoms with Crippen molar-refractivity contribution in [2.75, 3.05) is 0 Å². The molecule has 1 saturated heterocycles. The zero-order valence-corrected chi connectivity index (χ0v) is 10.7. The second kappa shape index (κ2) is 5.03. The van der Waals surface area contributed by atoms with Crippen LogP contribution in [-0.2, 0) is 9.53 Å². The van der Waals surface area contributed by atoms with Crippen LogP contribution in [0.1, 0.15) is 11.7 Å². The van der Waals surface area contributed by atoms with E-state index in [1.807, 2.05) is 36.4 Å². The third-order valence-electron chi connectivity index (χ3n) is 2.90. The first-order valence-electron chi connectivity index (χ1n) is 5.92. The summed E-state index contributed by atoms with van der Waals surface area (Å²) in [6, 6.07) is 16.3. The van der Waals surface area contributed by atoms with Crippen molar-refractivity contribution in [3.63, 3.8) is 0 Å².